The summed E-state index contributed by atoms with van der Waals surface area (Å²) in [7, 11) is 1.64. The molecule has 0 fully saturated rings. The molecule has 11 nitrogen and oxygen atoms in total. The van der Waals surface area contributed by atoms with Gasteiger partial charge >= 0.3 is 12.1 Å². The molecular weight excluding hydrogens is 440 g/mol. The highest BCUT2D eigenvalue weighted by Gasteiger charge is 2.27. The van der Waals surface area contributed by atoms with Crippen molar-refractivity contribution >= 4 is 12.1 Å². The van der Waals surface area contributed by atoms with E-state index in [0.29, 0.717) is 45.2 Å². The minimum absolute atomic E-state index is 0.114. The summed E-state index contributed by atoms with van der Waals surface area (Å²) in [5.74, 6) is 0.254. The number of hydrogen-bond acceptors (Lipinski definition) is 8. The number of esters is 1. The number of benzene rings is 1. The minimum Gasteiger partial charge on any atom is -0.465 e. The van der Waals surface area contributed by atoms with E-state index in [0.717, 1.165) is 10.5 Å². The van der Waals surface area contributed by atoms with Gasteiger partial charge in [-0.25, -0.2) is 14.6 Å². The normalized spacial score (nSPS) is 13.2. The van der Waals surface area contributed by atoms with Gasteiger partial charge in [-0.3, -0.25) is 14.6 Å². The van der Waals surface area contributed by atoms with Crippen LogP contribution in [0.15, 0.2) is 24.4 Å². The van der Waals surface area contributed by atoms with Gasteiger partial charge in [0.25, 0.3) is 0 Å². The van der Waals surface area contributed by atoms with Crippen LogP contribution in [0.5, 0.6) is 0 Å². The fourth-order valence-electron chi connectivity index (χ4n) is 3.88. The van der Waals surface area contributed by atoms with Gasteiger partial charge in [-0.15, -0.1) is 5.10 Å². The second-order valence-corrected chi connectivity index (χ2v) is 8.03. The van der Waals surface area contributed by atoms with Crippen LogP contribution < -0.4 is 0 Å². The molecule has 1 aromatic carbocycles. The molecule has 0 spiro atoms. The number of carbonyl (C=O) groups is 2. The molecule has 3 heterocycles. The Balaban J connectivity index is 1.55. The van der Waals surface area contributed by atoms with Crippen molar-refractivity contribution in [3.63, 3.8) is 0 Å². The SMILES string of the molecule is Cc1cc(-c2nc(CN(CC(O)c3ccc4c(c3C)COC4=O)C(=O)O)n(C)n2)ncc1C#N. The van der Waals surface area contributed by atoms with E-state index >= 15 is 0 Å². The molecule has 0 radical (unpaired) electrons. The Bertz CT molecular complexity index is 1340. The van der Waals surface area contributed by atoms with E-state index in [1.807, 2.05) is 0 Å². The lowest BCUT2D eigenvalue weighted by molar-refractivity contribution is 0.0534. The van der Waals surface area contributed by atoms with Crippen molar-refractivity contribution in [2.75, 3.05) is 6.54 Å². The Morgan fingerprint density at radius 1 is 1.38 bits per heavy atom. The summed E-state index contributed by atoms with van der Waals surface area (Å²) in [6.07, 6.45) is -0.904. The maximum absolute atomic E-state index is 11.9. The zero-order valence-corrected chi connectivity index (χ0v) is 18.8. The number of aliphatic hydroxyl groups excluding tert-OH is 1. The van der Waals surface area contributed by atoms with Crippen molar-refractivity contribution in [3.05, 3.63) is 63.6 Å². The molecule has 1 unspecified atom stereocenters. The standard InChI is InChI=1S/C23H22N6O5/c1-12-6-18(25-8-14(12)7-24)21-26-20(28(3)27-21)10-29(23(32)33)9-19(30)15-4-5-16-17(13(15)2)11-34-22(16)31/h4-6,8,19,30H,9-11H2,1-3H3,(H,32,33). The number of aliphatic hydroxyl groups is 1. The molecule has 174 valence electrons. The number of aryl methyl sites for hydroxylation is 2. The summed E-state index contributed by atoms with van der Waals surface area (Å²) in [5, 5.41) is 34.0. The monoisotopic (exact) mass is 462 g/mol. The highest BCUT2D eigenvalue weighted by molar-refractivity contribution is 5.94. The summed E-state index contributed by atoms with van der Waals surface area (Å²) in [4.78, 5) is 33.4. The third kappa shape index (κ3) is 4.18. The number of carbonyl (C=O) groups excluding carboxylic acids is 1. The zero-order valence-electron chi connectivity index (χ0n) is 18.8. The van der Waals surface area contributed by atoms with Crippen LogP contribution in [-0.2, 0) is 24.9 Å². The number of rotatable bonds is 6. The molecule has 2 aromatic heterocycles. The van der Waals surface area contributed by atoms with E-state index in [1.54, 1.807) is 39.1 Å². The lowest BCUT2D eigenvalue weighted by Gasteiger charge is -2.23. The van der Waals surface area contributed by atoms with E-state index in [2.05, 4.69) is 21.1 Å². The number of ether oxygens (including phenoxy) is 1. The molecule has 1 amide bonds. The van der Waals surface area contributed by atoms with Crippen molar-refractivity contribution in [2.45, 2.75) is 33.1 Å². The van der Waals surface area contributed by atoms with Crippen molar-refractivity contribution in [1.82, 2.24) is 24.6 Å². The lowest BCUT2D eigenvalue weighted by Crippen LogP contribution is -2.34. The first kappa shape index (κ1) is 22.9. The smallest absolute Gasteiger partial charge is 0.407 e. The number of fused-ring (bicyclic) bond motifs is 1. The summed E-state index contributed by atoms with van der Waals surface area (Å²) in [6, 6.07) is 6.95. The molecule has 1 atom stereocenters. The Hall–Kier alpha value is -4.30. The molecule has 3 aromatic rings. The molecule has 1 aliphatic rings. The predicted octanol–water partition coefficient (Wildman–Crippen LogP) is 2.25. The average molecular weight is 462 g/mol. The Labute approximate surface area is 194 Å². The molecule has 11 heteroatoms. The molecule has 0 aliphatic carbocycles. The first-order valence-electron chi connectivity index (χ1n) is 10.4. The highest BCUT2D eigenvalue weighted by Crippen LogP contribution is 2.29. The van der Waals surface area contributed by atoms with Gasteiger partial charge in [0, 0.05) is 18.8 Å². The number of carboxylic acid groups (broad SMARTS) is 1. The van der Waals surface area contributed by atoms with Crippen LogP contribution in [0.2, 0.25) is 0 Å². The van der Waals surface area contributed by atoms with Crippen LogP contribution in [0.3, 0.4) is 0 Å². The van der Waals surface area contributed by atoms with Crippen LogP contribution in [0.4, 0.5) is 4.79 Å². The molecule has 2 N–H and O–H groups in total. The van der Waals surface area contributed by atoms with E-state index < -0.39 is 18.2 Å². The quantitative estimate of drug-likeness (QED) is 0.525. The Morgan fingerprint density at radius 3 is 2.82 bits per heavy atom. The van der Waals surface area contributed by atoms with Crippen LogP contribution in [0.1, 0.15) is 50.1 Å². The van der Waals surface area contributed by atoms with E-state index in [1.165, 1.54) is 10.9 Å². The minimum atomic E-state index is -1.23. The van der Waals surface area contributed by atoms with Crippen molar-refractivity contribution in [3.8, 4) is 17.6 Å². The molecule has 4 rings (SSSR count). The second-order valence-electron chi connectivity index (χ2n) is 8.03. The van der Waals surface area contributed by atoms with E-state index in [4.69, 9.17) is 10.00 Å². The largest absolute Gasteiger partial charge is 0.465 e. The Kier molecular flexibility index (Phi) is 6.00. The summed E-state index contributed by atoms with van der Waals surface area (Å²) in [6.45, 7) is 3.36. The fraction of sp³-hybridized carbons (Fsp3) is 0.304. The van der Waals surface area contributed by atoms with E-state index in [9.17, 15) is 19.8 Å². The van der Waals surface area contributed by atoms with Gasteiger partial charge in [-0.1, -0.05) is 6.07 Å². The number of amides is 1. The van der Waals surface area contributed by atoms with Crippen molar-refractivity contribution in [2.24, 2.45) is 7.05 Å². The predicted molar refractivity (Wildman–Crippen MR) is 117 cm³/mol. The Morgan fingerprint density at radius 2 is 2.15 bits per heavy atom. The number of pyridine rings is 1. The van der Waals surface area contributed by atoms with Gasteiger partial charge in [-0.05, 0) is 42.7 Å². The van der Waals surface area contributed by atoms with Gasteiger partial charge in [0.2, 0.25) is 0 Å². The van der Waals surface area contributed by atoms with Gasteiger partial charge in [0.05, 0.1) is 30.3 Å². The van der Waals surface area contributed by atoms with Gasteiger partial charge in [0.15, 0.2) is 5.82 Å². The number of hydrogen-bond donors (Lipinski definition) is 2. The van der Waals surface area contributed by atoms with Crippen LogP contribution >= 0.6 is 0 Å². The zero-order chi connectivity index (χ0) is 24.6. The van der Waals surface area contributed by atoms with Gasteiger partial charge in [-0.2, -0.15) is 5.26 Å². The molecule has 1 aliphatic heterocycles. The maximum atomic E-state index is 11.9. The molecular formula is C23H22N6O5. The maximum Gasteiger partial charge on any atom is 0.407 e. The molecule has 0 saturated carbocycles. The van der Waals surface area contributed by atoms with Gasteiger partial charge < -0.3 is 14.9 Å². The van der Waals surface area contributed by atoms with E-state index in [-0.39, 0.29) is 19.7 Å². The van der Waals surface area contributed by atoms with Gasteiger partial charge in [0.1, 0.15) is 24.2 Å². The van der Waals surface area contributed by atoms with Crippen LogP contribution in [-0.4, -0.2) is 53.5 Å². The third-order valence-electron chi connectivity index (χ3n) is 5.88. The topological polar surface area (TPSA) is 154 Å². The number of nitrogens with zero attached hydrogens (tertiary/aromatic N) is 6. The number of nitriles is 1. The first-order chi connectivity index (χ1) is 16.2. The fourth-order valence-corrected chi connectivity index (χ4v) is 3.88. The lowest BCUT2D eigenvalue weighted by atomic mass is 9.95. The van der Waals surface area contributed by atoms with Crippen molar-refractivity contribution in [1.29, 1.82) is 5.26 Å². The number of cyclic esters (lactones) is 1. The second kappa shape index (κ2) is 8.92. The molecule has 0 bridgehead atoms. The van der Waals surface area contributed by atoms with Crippen molar-refractivity contribution < 1.29 is 24.5 Å². The molecule has 34 heavy (non-hydrogen) atoms. The number of aromatic nitrogens is 4. The summed E-state index contributed by atoms with van der Waals surface area (Å²) in [5.41, 5.74) is 4.03. The van der Waals surface area contributed by atoms with Crippen LogP contribution in [0.25, 0.3) is 11.5 Å². The first-order valence-corrected chi connectivity index (χ1v) is 10.4. The summed E-state index contributed by atoms with van der Waals surface area (Å²) >= 11 is 0. The average Bonchev–Trinajstić information content (AvgIpc) is 3.36. The molecule has 0 saturated heterocycles. The van der Waals surface area contributed by atoms with Crippen LogP contribution in [0, 0.1) is 25.2 Å². The summed E-state index contributed by atoms with van der Waals surface area (Å²) < 4.78 is 6.50. The third-order valence-corrected chi connectivity index (χ3v) is 5.88. The highest BCUT2D eigenvalue weighted by atomic mass is 16.5.